The number of oxime groups is 1. The number of aryl methyl sites for hydroxylation is 1. The van der Waals surface area contributed by atoms with E-state index in [0.29, 0.717) is 24.4 Å². The first kappa shape index (κ1) is 22.0. The molecule has 1 N–H and O–H groups in total. The summed E-state index contributed by atoms with van der Waals surface area (Å²) < 4.78 is 44.9. The van der Waals surface area contributed by atoms with E-state index in [0.717, 1.165) is 17.7 Å². The second kappa shape index (κ2) is 9.08. The fraction of sp³-hybridized carbons (Fsp3) is 0.217. The van der Waals surface area contributed by atoms with Gasteiger partial charge in [0.2, 0.25) is 0 Å². The van der Waals surface area contributed by atoms with Gasteiger partial charge in [-0.2, -0.15) is 13.2 Å². The zero-order valence-corrected chi connectivity index (χ0v) is 17.7. The van der Waals surface area contributed by atoms with Crippen molar-refractivity contribution >= 4 is 17.4 Å². The van der Waals surface area contributed by atoms with E-state index >= 15 is 0 Å². The topological polar surface area (TPSA) is 55.7 Å². The minimum absolute atomic E-state index is 0.0127. The summed E-state index contributed by atoms with van der Waals surface area (Å²) in [6.45, 7) is 2.38. The van der Waals surface area contributed by atoms with Crippen LogP contribution >= 0.6 is 11.6 Å². The van der Waals surface area contributed by atoms with E-state index in [1.54, 1.807) is 0 Å². The highest BCUT2D eigenvalue weighted by molar-refractivity contribution is 6.29. The quantitative estimate of drug-likeness (QED) is 0.492. The number of rotatable bonds is 5. The van der Waals surface area contributed by atoms with Crippen LogP contribution in [0.15, 0.2) is 65.9 Å². The van der Waals surface area contributed by atoms with Crippen LogP contribution in [0.3, 0.4) is 0 Å². The molecule has 5 nitrogen and oxygen atoms in total. The van der Waals surface area contributed by atoms with Gasteiger partial charge in [0.25, 0.3) is 0 Å². The van der Waals surface area contributed by atoms with Crippen molar-refractivity contribution < 1.29 is 22.7 Å². The van der Waals surface area contributed by atoms with Crippen LogP contribution in [0.5, 0.6) is 11.5 Å². The molecular weight excluding hydrogens is 443 g/mol. The third-order valence-corrected chi connectivity index (χ3v) is 5.06. The van der Waals surface area contributed by atoms with Crippen molar-refractivity contribution in [2.45, 2.75) is 25.6 Å². The number of aromatic nitrogens is 1. The zero-order chi connectivity index (χ0) is 22.7. The van der Waals surface area contributed by atoms with Crippen LogP contribution in [0.25, 0.3) is 0 Å². The van der Waals surface area contributed by atoms with Gasteiger partial charge in [-0.25, -0.2) is 4.98 Å². The molecule has 9 heteroatoms. The van der Waals surface area contributed by atoms with E-state index in [4.69, 9.17) is 21.2 Å². The minimum atomic E-state index is -4.48. The lowest BCUT2D eigenvalue weighted by Crippen LogP contribution is -2.43. The Morgan fingerprint density at radius 3 is 2.69 bits per heavy atom. The van der Waals surface area contributed by atoms with Gasteiger partial charge in [0.15, 0.2) is 11.6 Å². The van der Waals surface area contributed by atoms with Gasteiger partial charge in [-0.3, -0.25) is 0 Å². The molecule has 0 aliphatic carbocycles. The summed E-state index contributed by atoms with van der Waals surface area (Å²) in [5.41, 5.74) is 1.92. The van der Waals surface area contributed by atoms with Crippen molar-refractivity contribution in [3.63, 3.8) is 0 Å². The molecule has 166 valence electrons. The molecule has 0 saturated carbocycles. The molecule has 32 heavy (non-hydrogen) atoms. The van der Waals surface area contributed by atoms with E-state index in [1.165, 1.54) is 30.0 Å². The first-order chi connectivity index (χ1) is 15.3. The Hall–Kier alpha value is -3.26. The maximum atomic E-state index is 13.0. The Morgan fingerprint density at radius 2 is 1.94 bits per heavy atom. The number of alkyl halides is 3. The number of pyridine rings is 1. The highest BCUT2D eigenvalue weighted by atomic mass is 35.5. The van der Waals surface area contributed by atoms with Gasteiger partial charge < -0.3 is 14.9 Å². The Morgan fingerprint density at radius 1 is 1.16 bits per heavy atom. The summed E-state index contributed by atoms with van der Waals surface area (Å²) in [7, 11) is 0. The van der Waals surface area contributed by atoms with Gasteiger partial charge in [-0.15, -0.1) is 0 Å². The predicted octanol–water partition coefficient (Wildman–Crippen LogP) is 5.75. The number of benzene rings is 2. The molecule has 0 unspecified atom stereocenters. The number of hydrogen-bond donors (Lipinski definition) is 1. The lowest BCUT2D eigenvalue weighted by Gasteiger charge is -2.25. The molecule has 3 aromatic rings. The Bertz CT molecular complexity index is 1130. The van der Waals surface area contributed by atoms with Crippen LogP contribution in [0.2, 0.25) is 5.15 Å². The molecule has 0 bridgehead atoms. The maximum Gasteiger partial charge on any atom is 0.416 e. The highest BCUT2D eigenvalue weighted by Crippen LogP contribution is 2.34. The first-order valence-electron chi connectivity index (χ1n) is 9.81. The second-order valence-corrected chi connectivity index (χ2v) is 7.78. The van der Waals surface area contributed by atoms with Crippen molar-refractivity contribution in [3.8, 4) is 11.5 Å². The highest BCUT2D eigenvalue weighted by Gasteiger charge is 2.31. The fourth-order valence-electron chi connectivity index (χ4n) is 3.25. The van der Waals surface area contributed by atoms with Gasteiger partial charge in [0.1, 0.15) is 17.5 Å². The van der Waals surface area contributed by atoms with E-state index < -0.39 is 11.7 Å². The zero-order valence-electron chi connectivity index (χ0n) is 17.0. The Labute approximate surface area is 187 Å². The molecule has 0 spiro atoms. The number of nitrogens with zero attached hydrogens (tertiary/aromatic N) is 2. The van der Waals surface area contributed by atoms with Crippen molar-refractivity contribution in [2.24, 2.45) is 5.16 Å². The van der Waals surface area contributed by atoms with E-state index in [2.05, 4.69) is 15.5 Å². The lowest BCUT2D eigenvalue weighted by molar-refractivity contribution is -0.137. The van der Waals surface area contributed by atoms with E-state index in [1.807, 2.05) is 31.2 Å². The summed E-state index contributed by atoms with van der Waals surface area (Å²) in [6.07, 6.45) is -2.44. The van der Waals surface area contributed by atoms with Crippen molar-refractivity contribution in [1.82, 2.24) is 10.3 Å². The van der Waals surface area contributed by atoms with Crippen LogP contribution < -0.4 is 10.1 Å². The lowest BCUT2D eigenvalue weighted by atomic mass is 10.0. The number of amidine groups is 1. The fourth-order valence-corrected chi connectivity index (χ4v) is 3.40. The number of nitrogens with one attached hydrogen (secondary N) is 1. The van der Waals surface area contributed by atoms with Crippen LogP contribution in [-0.4, -0.2) is 23.5 Å². The van der Waals surface area contributed by atoms with Crippen LogP contribution in [-0.2, 0) is 17.4 Å². The molecule has 2 aromatic carbocycles. The van der Waals surface area contributed by atoms with Gasteiger partial charge in [0, 0.05) is 0 Å². The molecule has 0 saturated heterocycles. The third-order valence-electron chi connectivity index (χ3n) is 4.85. The standard InChI is InChI=1S/C23H19ClF3N3O2/c1-14-5-7-15(8-6-14)9-17-13-31-30-22(29-17)19-11-21(24)28-12-20(19)32-18-4-2-3-16(10-18)23(25,26)27/h2-8,10-12,17H,9,13H2,1H3,(H,29,30)/t17-/m1/s1. The molecule has 1 atom stereocenters. The van der Waals surface area contributed by atoms with Gasteiger partial charge in [0.05, 0.1) is 23.4 Å². The molecule has 0 radical (unpaired) electrons. The average Bonchev–Trinajstić information content (AvgIpc) is 2.76. The molecular formula is C23H19ClF3N3O2. The van der Waals surface area contributed by atoms with Gasteiger partial charge in [-0.1, -0.05) is 52.7 Å². The first-order valence-corrected chi connectivity index (χ1v) is 10.2. The van der Waals surface area contributed by atoms with Crippen LogP contribution in [0.4, 0.5) is 13.2 Å². The van der Waals surface area contributed by atoms with Crippen molar-refractivity contribution in [1.29, 1.82) is 0 Å². The smallest absolute Gasteiger partial charge is 0.416 e. The summed E-state index contributed by atoms with van der Waals surface area (Å²) in [5, 5.41) is 7.55. The van der Waals surface area contributed by atoms with Crippen molar-refractivity contribution in [3.05, 3.63) is 88.2 Å². The molecule has 0 fully saturated rings. The summed E-state index contributed by atoms with van der Waals surface area (Å²) >= 11 is 6.07. The summed E-state index contributed by atoms with van der Waals surface area (Å²) in [5.74, 6) is 0.568. The molecule has 1 aliphatic rings. The summed E-state index contributed by atoms with van der Waals surface area (Å²) in [6, 6.07) is 14.2. The van der Waals surface area contributed by atoms with Crippen LogP contribution in [0, 0.1) is 6.92 Å². The third kappa shape index (κ3) is 5.31. The molecule has 1 aromatic heterocycles. The van der Waals surface area contributed by atoms with E-state index in [-0.39, 0.29) is 22.7 Å². The summed E-state index contributed by atoms with van der Waals surface area (Å²) in [4.78, 5) is 9.40. The number of ether oxygens (including phenoxy) is 1. The number of hydrogen-bond acceptors (Lipinski definition) is 5. The molecule has 2 heterocycles. The molecule has 0 amide bonds. The second-order valence-electron chi connectivity index (χ2n) is 7.40. The van der Waals surface area contributed by atoms with Gasteiger partial charge >= 0.3 is 6.18 Å². The van der Waals surface area contributed by atoms with E-state index in [9.17, 15) is 13.2 Å². The van der Waals surface area contributed by atoms with Gasteiger partial charge in [-0.05, 0) is 43.2 Å². The van der Waals surface area contributed by atoms with Crippen molar-refractivity contribution in [2.75, 3.05) is 6.61 Å². The monoisotopic (exact) mass is 461 g/mol. The molecule has 1 aliphatic heterocycles. The molecule has 4 rings (SSSR count). The predicted molar refractivity (Wildman–Crippen MR) is 115 cm³/mol. The van der Waals surface area contributed by atoms with Crippen LogP contribution in [0.1, 0.15) is 22.3 Å². The maximum absolute atomic E-state index is 13.0. The normalized spacial score (nSPS) is 16.0. The minimum Gasteiger partial charge on any atom is -0.455 e. The Kier molecular flexibility index (Phi) is 6.23. The number of halogens is 4. The Balaban J connectivity index is 1.57. The largest absolute Gasteiger partial charge is 0.455 e. The average molecular weight is 462 g/mol. The SMILES string of the molecule is Cc1ccc(C[C@@H]2CON=C(c3cc(Cl)ncc3Oc3cccc(C(F)(F)F)c3)N2)cc1.